The van der Waals surface area contributed by atoms with Gasteiger partial charge >= 0.3 is 0 Å². The third-order valence-electron chi connectivity index (χ3n) is 6.84. The Morgan fingerprint density at radius 3 is 1.97 bits per heavy atom. The Hall–Kier alpha value is -2.92. The van der Waals surface area contributed by atoms with Crippen molar-refractivity contribution < 1.29 is 4.70 Å². The number of rotatable bonds is 13. The summed E-state index contributed by atoms with van der Waals surface area (Å²) in [4.78, 5) is 0. The van der Waals surface area contributed by atoms with E-state index >= 15 is 0 Å². The van der Waals surface area contributed by atoms with E-state index in [4.69, 9.17) is 0 Å². The summed E-state index contributed by atoms with van der Waals surface area (Å²) >= 11 is 0. The monoisotopic (exact) mass is 466 g/mol. The standard InChI is InChI=1S/C33H42N2/c1-5-9-12-16-26-21-23-28(24-22-26)32-31(20-11-7-3)30(15-8-4)33(35(32)34)29-19-14-18-27(25-29)17-13-10-6-2/h14,18-19,21-25H,5-7,9-13,16-17,20H2,1-4H3. The van der Waals surface area contributed by atoms with Crippen LogP contribution in [0, 0.1) is 11.8 Å². The molecule has 1 aliphatic rings. The van der Waals surface area contributed by atoms with Crippen LogP contribution in [0.1, 0.15) is 108 Å². The number of aryl methyl sites for hydroxylation is 2. The highest BCUT2D eigenvalue weighted by Gasteiger charge is 2.35. The maximum absolute atomic E-state index is 11.6. The first-order valence-corrected chi connectivity index (χ1v) is 13.7. The van der Waals surface area contributed by atoms with Gasteiger partial charge in [-0.2, -0.15) is 0 Å². The Labute approximate surface area is 213 Å². The minimum atomic E-state index is 0.824. The van der Waals surface area contributed by atoms with Crippen LogP contribution in [0.4, 0.5) is 0 Å². The van der Waals surface area contributed by atoms with E-state index in [-0.39, 0.29) is 0 Å². The van der Waals surface area contributed by atoms with Crippen molar-refractivity contribution in [3.05, 3.63) is 87.5 Å². The summed E-state index contributed by atoms with van der Waals surface area (Å²) in [6, 6.07) is 17.5. The van der Waals surface area contributed by atoms with Crippen LogP contribution in [0.15, 0.2) is 59.7 Å². The molecule has 0 aromatic heterocycles. The normalized spacial score (nSPS) is 13.4. The second kappa shape index (κ2) is 13.8. The zero-order valence-electron chi connectivity index (χ0n) is 22.3. The molecule has 2 aromatic rings. The Morgan fingerprint density at radius 1 is 0.686 bits per heavy atom. The average molecular weight is 467 g/mol. The minimum Gasteiger partial charge on any atom is -0.493 e. The van der Waals surface area contributed by atoms with Crippen LogP contribution in [-0.2, 0) is 12.8 Å². The average Bonchev–Trinajstić information content (AvgIpc) is 3.14. The SMILES string of the molecule is CC#CC1=C(c2cccc(CCCCC)c2)[N+](=[N-])C(c2ccc(CCCCC)cc2)=C1CCCC. The van der Waals surface area contributed by atoms with Gasteiger partial charge in [-0.3, -0.25) is 0 Å². The molecule has 0 atom stereocenters. The van der Waals surface area contributed by atoms with E-state index in [0.717, 1.165) is 65.8 Å². The third kappa shape index (κ3) is 6.82. The van der Waals surface area contributed by atoms with Crippen molar-refractivity contribution in [2.24, 2.45) is 0 Å². The highest BCUT2D eigenvalue weighted by Crippen LogP contribution is 2.42. The zero-order chi connectivity index (χ0) is 25.0. The van der Waals surface area contributed by atoms with Crippen LogP contribution in [0.2, 0.25) is 0 Å². The highest BCUT2D eigenvalue weighted by atomic mass is 15.2. The van der Waals surface area contributed by atoms with Crippen molar-refractivity contribution in [3.63, 3.8) is 0 Å². The van der Waals surface area contributed by atoms with Crippen LogP contribution >= 0.6 is 0 Å². The fraction of sp³-hybridized carbons (Fsp3) is 0.455. The van der Waals surface area contributed by atoms with Crippen molar-refractivity contribution in [1.29, 1.82) is 0 Å². The quantitative estimate of drug-likeness (QED) is 0.159. The Morgan fingerprint density at radius 2 is 1.34 bits per heavy atom. The molecule has 0 aliphatic carbocycles. The first-order chi connectivity index (χ1) is 17.1. The van der Waals surface area contributed by atoms with Crippen LogP contribution < -0.4 is 0 Å². The predicted octanol–water partition coefficient (Wildman–Crippen LogP) is 9.54. The van der Waals surface area contributed by atoms with Crippen molar-refractivity contribution in [3.8, 4) is 11.8 Å². The van der Waals surface area contributed by atoms with Gasteiger partial charge in [-0.25, -0.2) is 4.70 Å². The molecule has 35 heavy (non-hydrogen) atoms. The summed E-state index contributed by atoms with van der Waals surface area (Å²) in [5, 5.41) is 0. The number of nitrogens with zero attached hydrogens (tertiary/aromatic N) is 2. The van der Waals surface area contributed by atoms with Gasteiger partial charge in [0.15, 0.2) is 0 Å². The fourth-order valence-electron chi connectivity index (χ4n) is 4.89. The Bertz CT molecular complexity index is 1120. The van der Waals surface area contributed by atoms with Crippen molar-refractivity contribution in [1.82, 2.24) is 0 Å². The molecule has 0 saturated carbocycles. The smallest absolute Gasteiger partial charge is 0.223 e. The minimum absolute atomic E-state index is 0.824. The molecular weight excluding hydrogens is 424 g/mol. The van der Waals surface area contributed by atoms with Gasteiger partial charge in [0.05, 0.1) is 0 Å². The fourth-order valence-corrected chi connectivity index (χ4v) is 4.89. The molecule has 0 spiro atoms. The molecule has 0 radical (unpaired) electrons. The largest absolute Gasteiger partial charge is 0.493 e. The van der Waals surface area contributed by atoms with E-state index < -0.39 is 0 Å². The number of unbranched alkanes of at least 4 members (excludes halogenated alkanes) is 5. The molecule has 2 heteroatoms. The molecule has 0 bridgehead atoms. The first-order valence-electron chi connectivity index (χ1n) is 13.7. The van der Waals surface area contributed by atoms with E-state index in [1.165, 1.54) is 54.3 Å². The summed E-state index contributed by atoms with van der Waals surface area (Å²) in [5.41, 5.74) is 20.2. The number of allylic oxidation sites excluding steroid dienone is 2. The van der Waals surface area contributed by atoms with Crippen LogP contribution in [0.3, 0.4) is 0 Å². The van der Waals surface area contributed by atoms with Gasteiger partial charge in [0, 0.05) is 16.7 Å². The van der Waals surface area contributed by atoms with Gasteiger partial charge in [-0.1, -0.05) is 83.1 Å². The molecule has 184 valence electrons. The van der Waals surface area contributed by atoms with Crippen LogP contribution in [0.5, 0.6) is 0 Å². The van der Waals surface area contributed by atoms with Crippen molar-refractivity contribution >= 4 is 11.4 Å². The second-order valence-electron chi connectivity index (χ2n) is 9.65. The Balaban J connectivity index is 2.01. The molecule has 0 unspecified atom stereocenters. The molecule has 2 nitrogen and oxygen atoms in total. The molecule has 0 N–H and O–H groups in total. The second-order valence-corrected chi connectivity index (χ2v) is 9.65. The molecule has 2 aromatic carbocycles. The van der Waals surface area contributed by atoms with E-state index in [0.29, 0.717) is 0 Å². The lowest BCUT2D eigenvalue weighted by Gasteiger charge is -2.11. The molecule has 0 fully saturated rings. The van der Waals surface area contributed by atoms with Gasteiger partial charge in [0.1, 0.15) is 5.57 Å². The van der Waals surface area contributed by atoms with E-state index in [1.807, 2.05) is 6.92 Å². The lowest BCUT2D eigenvalue weighted by atomic mass is 9.95. The summed E-state index contributed by atoms with van der Waals surface area (Å²) in [7, 11) is 0. The van der Waals surface area contributed by atoms with Gasteiger partial charge in [0.25, 0.3) is 0 Å². The number of hydrogen-bond acceptors (Lipinski definition) is 0. The topological polar surface area (TPSA) is 25.3 Å². The van der Waals surface area contributed by atoms with Gasteiger partial charge in [-0.15, -0.1) is 5.92 Å². The van der Waals surface area contributed by atoms with Crippen LogP contribution in [0.25, 0.3) is 16.9 Å². The highest BCUT2D eigenvalue weighted by molar-refractivity contribution is 5.85. The molecule has 1 heterocycles. The summed E-state index contributed by atoms with van der Waals surface area (Å²) < 4.78 is 1.42. The summed E-state index contributed by atoms with van der Waals surface area (Å²) in [5.74, 6) is 6.49. The van der Waals surface area contributed by atoms with Gasteiger partial charge < -0.3 is 5.53 Å². The molecule has 0 saturated heterocycles. The number of hydrogen-bond donors (Lipinski definition) is 0. The summed E-state index contributed by atoms with van der Waals surface area (Å²) in [6.45, 7) is 8.58. The summed E-state index contributed by atoms with van der Waals surface area (Å²) in [6.07, 6.45) is 12.6. The lowest BCUT2D eigenvalue weighted by molar-refractivity contribution is -0.345. The van der Waals surface area contributed by atoms with E-state index in [9.17, 15) is 5.53 Å². The lowest BCUT2D eigenvalue weighted by Crippen LogP contribution is -2.03. The van der Waals surface area contributed by atoms with Gasteiger partial charge in [0.2, 0.25) is 11.4 Å². The maximum Gasteiger partial charge on any atom is 0.223 e. The maximum atomic E-state index is 11.6. The van der Waals surface area contributed by atoms with Crippen molar-refractivity contribution in [2.45, 2.75) is 98.3 Å². The predicted molar refractivity (Wildman–Crippen MR) is 150 cm³/mol. The number of benzene rings is 2. The zero-order valence-corrected chi connectivity index (χ0v) is 22.3. The van der Waals surface area contributed by atoms with Crippen LogP contribution in [-0.4, -0.2) is 4.70 Å². The molecule has 1 aliphatic heterocycles. The van der Waals surface area contributed by atoms with Crippen molar-refractivity contribution in [2.75, 3.05) is 0 Å². The molecule has 3 rings (SSSR count). The van der Waals surface area contributed by atoms with E-state index in [2.05, 4.69) is 81.1 Å². The first kappa shape index (κ1) is 26.7. The van der Waals surface area contributed by atoms with E-state index in [1.54, 1.807) is 0 Å². The molecular formula is C33H42N2. The molecule has 0 amide bonds. The Kier molecular flexibility index (Phi) is 10.5. The van der Waals surface area contributed by atoms with Gasteiger partial charge in [-0.05, 0) is 80.8 Å². The third-order valence-corrected chi connectivity index (χ3v) is 6.84.